The third-order valence-electron chi connectivity index (χ3n) is 6.65. The van der Waals surface area contributed by atoms with Crippen molar-refractivity contribution in [3.8, 4) is 17.2 Å². The van der Waals surface area contributed by atoms with E-state index in [0.29, 0.717) is 31.5 Å². The lowest BCUT2D eigenvalue weighted by Crippen LogP contribution is -2.38. The molecule has 1 aromatic carbocycles. The van der Waals surface area contributed by atoms with E-state index >= 15 is 0 Å². The lowest BCUT2D eigenvalue weighted by atomic mass is 10.0. The van der Waals surface area contributed by atoms with E-state index in [0.717, 1.165) is 19.3 Å². The summed E-state index contributed by atoms with van der Waals surface area (Å²) in [4.78, 5) is 11.9. The van der Waals surface area contributed by atoms with Crippen LogP contribution >= 0.6 is 0 Å². The van der Waals surface area contributed by atoms with Crippen LogP contribution in [0.25, 0.3) is 0 Å². The van der Waals surface area contributed by atoms with Crippen molar-refractivity contribution >= 4 is 6.03 Å². The first-order valence-electron chi connectivity index (χ1n) is 14.8. The number of phenols is 2. The number of benzene rings is 1. The molecular formula is C30H54N2O5. The zero-order chi connectivity index (χ0) is 27.0. The van der Waals surface area contributed by atoms with E-state index in [1.807, 2.05) is 0 Å². The van der Waals surface area contributed by atoms with Gasteiger partial charge in [-0.15, -0.1) is 0 Å². The molecule has 0 saturated carbocycles. The standard InChI is InChI=1S/C30H54N2O5/c1-3-5-6-7-8-9-10-11-12-13-14-15-16-18-26(4-2)36-23-17-21-31-30(35)32-22-24-37-27-19-20-28(33)29(34)25-27/h19-20,25-26,33-34H,3-18,21-24H2,1-2H3,(H2,31,32,35). The molecule has 1 unspecified atom stereocenters. The van der Waals surface area contributed by atoms with Crippen LogP contribution in [0, 0.1) is 0 Å². The van der Waals surface area contributed by atoms with Gasteiger partial charge in [-0.25, -0.2) is 4.79 Å². The third kappa shape index (κ3) is 18.7. The van der Waals surface area contributed by atoms with Crippen molar-refractivity contribution in [3.05, 3.63) is 18.2 Å². The molecule has 0 aromatic heterocycles. The second-order valence-electron chi connectivity index (χ2n) is 9.97. The molecule has 4 N–H and O–H groups in total. The molecule has 0 heterocycles. The van der Waals surface area contributed by atoms with Gasteiger partial charge in [0, 0.05) is 19.2 Å². The second-order valence-corrected chi connectivity index (χ2v) is 9.97. The first-order chi connectivity index (χ1) is 18.1. The molecule has 214 valence electrons. The average molecular weight is 523 g/mol. The maximum absolute atomic E-state index is 11.9. The Labute approximate surface area is 225 Å². The number of urea groups is 1. The van der Waals surface area contributed by atoms with Gasteiger partial charge in [-0.05, 0) is 31.4 Å². The number of rotatable bonds is 24. The molecule has 0 fully saturated rings. The lowest BCUT2D eigenvalue weighted by Gasteiger charge is -2.16. The van der Waals surface area contributed by atoms with Crippen molar-refractivity contribution in [3.63, 3.8) is 0 Å². The first kappa shape index (κ1) is 32.9. The third-order valence-corrected chi connectivity index (χ3v) is 6.65. The maximum atomic E-state index is 11.9. The summed E-state index contributed by atoms with van der Waals surface area (Å²) >= 11 is 0. The summed E-state index contributed by atoms with van der Waals surface area (Å²) in [6, 6.07) is 4.00. The van der Waals surface area contributed by atoms with Crippen LogP contribution in [0.2, 0.25) is 0 Å². The first-order valence-corrected chi connectivity index (χ1v) is 14.8. The molecule has 0 aliphatic rings. The summed E-state index contributed by atoms with van der Waals surface area (Å²) in [6.07, 6.45) is 21.1. The van der Waals surface area contributed by atoms with E-state index in [2.05, 4.69) is 24.5 Å². The summed E-state index contributed by atoms with van der Waals surface area (Å²) in [7, 11) is 0. The number of nitrogens with one attached hydrogen (secondary N) is 2. The predicted molar refractivity (Wildman–Crippen MR) is 152 cm³/mol. The van der Waals surface area contributed by atoms with Gasteiger partial charge in [-0.2, -0.15) is 0 Å². The zero-order valence-electron chi connectivity index (χ0n) is 23.6. The van der Waals surface area contributed by atoms with E-state index in [1.165, 1.54) is 95.6 Å². The van der Waals surface area contributed by atoms with Gasteiger partial charge in [0.15, 0.2) is 11.5 Å². The van der Waals surface area contributed by atoms with Crippen LogP contribution in [0.1, 0.15) is 117 Å². The van der Waals surface area contributed by atoms with Crippen LogP contribution in [0.5, 0.6) is 17.2 Å². The van der Waals surface area contributed by atoms with Crippen molar-refractivity contribution in [2.45, 2.75) is 123 Å². The Hall–Kier alpha value is -2.15. The largest absolute Gasteiger partial charge is 0.504 e. The Kier molecular flexibility index (Phi) is 20.4. The second kappa shape index (κ2) is 23.0. The monoisotopic (exact) mass is 522 g/mol. The minimum atomic E-state index is -0.240. The fourth-order valence-electron chi connectivity index (χ4n) is 4.31. The molecule has 2 amide bonds. The Bertz CT molecular complexity index is 686. The highest BCUT2D eigenvalue weighted by molar-refractivity contribution is 5.73. The molecule has 1 atom stereocenters. The van der Waals surface area contributed by atoms with E-state index < -0.39 is 0 Å². The highest BCUT2D eigenvalue weighted by atomic mass is 16.5. The minimum Gasteiger partial charge on any atom is -0.504 e. The van der Waals surface area contributed by atoms with Gasteiger partial charge in [0.05, 0.1) is 12.6 Å². The highest BCUT2D eigenvalue weighted by Gasteiger charge is 2.07. The number of carbonyl (C=O) groups is 1. The summed E-state index contributed by atoms with van der Waals surface area (Å²) < 4.78 is 11.4. The van der Waals surface area contributed by atoms with Crippen molar-refractivity contribution in [2.24, 2.45) is 0 Å². The van der Waals surface area contributed by atoms with Gasteiger partial charge in [0.1, 0.15) is 12.4 Å². The number of hydrogen-bond acceptors (Lipinski definition) is 5. The molecule has 0 saturated heterocycles. The maximum Gasteiger partial charge on any atom is 0.314 e. The lowest BCUT2D eigenvalue weighted by molar-refractivity contribution is 0.0420. The molecule has 1 aromatic rings. The number of carbonyl (C=O) groups excluding carboxylic acids is 1. The fourth-order valence-corrected chi connectivity index (χ4v) is 4.31. The van der Waals surface area contributed by atoms with Crippen LogP contribution in [0.15, 0.2) is 18.2 Å². The van der Waals surface area contributed by atoms with Crippen LogP contribution in [-0.4, -0.2) is 48.7 Å². The molecule has 7 nitrogen and oxygen atoms in total. The van der Waals surface area contributed by atoms with Crippen molar-refractivity contribution in [1.29, 1.82) is 0 Å². The van der Waals surface area contributed by atoms with Crippen LogP contribution in [0.3, 0.4) is 0 Å². The Morgan fingerprint density at radius 3 is 1.95 bits per heavy atom. The van der Waals surface area contributed by atoms with Gasteiger partial charge >= 0.3 is 6.03 Å². The Balaban J connectivity index is 1.89. The molecular weight excluding hydrogens is 468 g/mol. The van der Waals surface area contributed by atoms with Crippen LogP contribution in [0.4, 0.5) is 4.79 Å². The Morgan fingerprint density at radius 2 is 1.35 bits per heavy atom. The van der Waals surface area contributed by atoms with E-state index in [4.69, 9.17) is 9.47 Å². The summed E-state index contributed by atoms with van der Waals surface area (Å²) in [5.74, 6) is -0.00214. The summed E-state index contributed by atoms with van der Waals surface area (Å²) in [5.41, 5.74) is 0. The van der Waals surface area contributed by atoms with Gasteiger partial charge in [0.2, 0.25) is 0 Å². The number of amides is 2. The molecule has 1 rings (SSSR count). The highest BCUT2D eigenvalue weighted by Crippen LogP contribution is 2.28. The summed E-state index contributed by atoms with van der Waals surface area (Å²) in [6.45, 7) is 6.27. The van der Waals surface area contributed by atoms with Crippen LogP contribution in [-0.2, 0) is 4.74 Å². The average Bonchev–Trinajstić information content (AvgIpc) is 2.89. The quantitative estimate of drug-likeness (QED) is 0.0835. The molecule has 0 spiro atoms. The number of aromatic hydroxyl groups is 2. The smallest absolute Gasteiger partial charge is 0.314 e. The predicted octanol–water partition coefficient (Wildman–Crippen LogP) is 7.44. The molecule has 0 aliphatic carbocycles. The molecule has 7 heteroatoms. The van der Waals surface area contributed by atoms with Gasteiger partial charge in [-0.1, -0.05) is 97.3 Å². The molecule has 0 aliphatic heterocycles. The van der Waals surface area contributed by atoms with Crippen molar-refractivity contribution < 1.29 is 24.5 Å². The van der Waals surface area contributed by atoms with Gasteiger partial charge in [-0.3, -0.25) is 0 Å². The fraction of sp³-hybridized carbons (Fsp3) is 0.767. The summed E-state index contributed by atoms with van der Waals surface area (Å²) in [5, 5.41) is 24.3. The number of hydrogen-bond donors (Lipinski definition) is 4. The Morgan fingerprint density at radius 1 is 0.757 bits per heavy atom. The van der Waals surface area contributed by atoms with Gasteiger partial charge < -0.3 is 30.3 Å². The number of ether oxygens (including phenoxy) is 2. The minimum absolute atomic E-state index is 0.196. The zero-order valence-corrected chi connectivity index (χ0v) is 23.6. The topological polar surface area (TPSA) is 100 Å². The molecule has 37 heavy (non-hydrogen) atoms. The van der Waals surface area contributed by atoms with Crippen LogP contribution < -0.4 is 15.4 Å². The van der Waals surface area contributed by atoms with E-state index in [-0.39, 0.29) is 24.1 Å². The SMILES string of the molecule is CCCCCCCCCCCCCCCC(CC)OCCCNC(=O)NCCOc1ccc(O)c(O)c1. The van der Waals surface area contributed by atoms with Gasteiger partial charge in [0.25, 0.3) is 0 Å². The van der Waals surface area contributed by atoms with E-state index in [1.54, 1.807) is 6.07 Å². The number of phenolic OH excluding ortho intramolecular Hbond substituents is 2. The molecule has 0 radical (unpaired) electrons. The number of unbranched alkanes of at least 4 members (excludes halogenated alkanes) is 12. The van der Waals surface area contributed by atoms with E-state index in [9.17, 15) is 15.0 Å². The van der Waals surface area contributed by atoms with Crippen molar-refractivity contribution in [1.82, 2.24) is 10.6 Å². The van der Waals surface area contributed by atoms with Crippen molar-refractivity contribution in [2.75, 3.05) is 26.3 Å². The molecule has 0 bridgehead atoms. The normalized spacial score (nSPS) is 11.8.